The molecule has 0 aliphatic heterocycles. The van der Waals surface area contributed by atoms with Gasteiger partial charge in [0.2, 0.25) is 5.95 Å². The van der Waals surface area contributed by atoms with Gasteiger partial charge in [-0.2, -0.15) is 4.98 Å². The highest BCUT2D eigenvalue weighted by molar-refractivity contribution is 7.21. The number of rotatable bonds is 6. The molecule has 2 atom stereocenters. The maximum Gasteiger partial charge on any atom is 0.224 e. The average molecular weight is 409 g/mol. The number of aryl methyl sites for hydroxylation is 2. The van der Waals surface area contributed by atoms with E-state index in [1.807, 2.05) is 19.2 Å². The van der Waals surface area contributed by atoms with E-state index in [9.17, 15) is 0 Å². The van der Waals surface area contributed by atoms with Crippen molar-refractivity contribution in [2.75, 3.05) is 17.2 Å². The fourth-order valence-electron chi connectivity index (χ4n) is 4.19. The fraction of sp³-hybridized carbons (Fsp3) is 0.545. The molecule has 152 valence electrons. The van der Waals surface area contributed by atoms with Crippen molar-refractivity contribution in [3.8, 4) is 10.6 Å². The van der Waals surface area contributed by atoms with E-state index < -0.39 is 0 Å². The maximum absolute atomic E-state index is 4.93. The van der Waals surface area contributed by atoms with Crippen LogP contribution in [0.1, 0.15) is 50.4 Å². The SMILES string of the molecule is Cc1nc(NCC2CC2)nc(NC2CCCC2C)c1-c1nc2c(C)nccc2s1. The normalized spacial score (nSPS) is 21.6. The summed E-state index contributed by atoms with van der Waals surface area (Å²) in [5, 5.41) is 8.18. The van der Waals surface area contributed by atoms with Gasteiger partial charge in [-0.1, -0.05) is 13.3 Å². The second kappa shape index (κ2) is 7.52. The minimum absolute atomic E-state index is 0.456. The highest BCUT2D eigenvalue weighted by Crippen LogP contribution is 2.38. The zero-order valence-electron chi connectivity index (χ0n) is 17.3. The van der Waals surface area contributed by atoms with Gasteiger partial charge in [-0.05, 0) is 57.4 Å². The molecule has 0 saturated heterocycles. The zero-order chi connectivity index (χ0) is 20.0. The first-order valence-electron chi connectivity index (χ1n) is 10.7. The van der Waals surface area contributed by atoms with Crippen LogP contribution in [0.4, 0.5) is 11.8 Å². The Morgan fingerprint density at radius 1 is 1.07 bits per heavy atom. The topological polar surface area (TPSA) is 75.6 Å². The van der Waals surface area contributed by atoms with E-state index >= 15 is 0 Å². The summed E-state index contributed by atoms with van der Waals surface area (Å²) in [4.78, 5) is 19.0. The van der Waals surface area contributed by atoms with Gasteiger partial charge in [0.05, 0.1) is 21.7 Å². The summed E-state index contributed by atoms with van der Waals surface area (Å²) < 4.78 is 1.16. The molecule has 2 saturated carbocycles. The number of hydrogen-bond donors (Lipinski definition) is 2. The third-order valence-electron chi connectivity index (χ3n) is 6.22. The standard InChI is InChI=1S/C22H28N6S/c1-12-5-4-6-16(12)26-20-18(13(2)25-22(28-20)24-11-15-7-8-15)21-27-19-14(3)23-10-9-17(19)29-21/h9-10,12,15-16H,4-8,11H2,1-3H3,(H2,24,25,26,28). The Balaban J connectivity index is 1.56. The number of fused-ring (bicyclic) bond motifs is 1. The molecule has 0 spiro atoms. The first-order chi connectivity index (χ1) is 14.1. The van der Waals surface area contributed by atoms with Crippen LogP contribution < -0.4 is 10.6 Å². The Bertz CT molecular complexity index is 1040. The summed E-state index contributed by atoms with van der Waals surface area (Å²) in [6, 6.07) is 2.49. The van der Waals surface area contributed by atoms with E-state index in [2.05, 4.69) is 29.5 Å². The summed E-state index contributed by atoms with van der Waals surface area (Å²) in [7, 11) is 0. The van der Waals surface area contributed by atoms with Crippen molar-refractivity contribution in [1.82, 2.24) is 19.9 Å². The highest BCUT2D eigenvalue weighted by Gasteiger charge is 2.27. The molecule has 2 N–H and O–H groups in total. The van der Waals surface area contributed by atoms with Crippen LogP contribution in [-0.4, -0.2) is 32.5 Å². The first kappa shape index (κ1) is 18.7. The second-order valence-corrected chi connectivity index (χ2v) is 9.63. The Hall–Kier alpha value is -2.28. The maximum atomic E-state index is 4.93. The lowest BCUT2D eigenvalue weighted by molar-refractivity contribution is 0.555. The summed E-state index contributed by atoms with van der Waals surface area (Å²) in [6.45, 7) is 7.38. The van der Waals surface area contributed by atoms with Crippen molar-refractivity contribution in [1.29, 1.82) is 0 Å². The van der Waals surface area contributed by atoms with Gasteiger partial charge >= 0.3 is 0 Å². The van der Waals surface area contributed by atoms with Crippen molar-refractivity contribution in [3.05, 3.63) is 23.7 Å². The number of nitrogens with one attached hydrogen (secondary N) is 2. The van der Waals surface area contributed by atoms with Crippen LogP contribution in [0.5, 0.6) is 0 Å². The van der Waals surface area contributed by atoms with Gasteiger partial charge in [0.1, 0.15) is 16.3 Å². The summed E-state index contributed by atoms with van der Waals surface area (Å²) in [5.74, 6) is 3.08. The summed E-state index contributed by atoms with van der Waals surface area (Å²) in [5.41, 5.74) is 3.94. The number of hydrogen-bond acceptors (Lipinski definition) is 7. The molecule has 5 rings (SSSR count). The van der Waals surface area contributed by atoms with Crippen LogP contribution in [0.3, 0.4) is 0 Å². The van der Waals surface area contributed by atoms with Crippen LogP contribution >= 0.6 is 11.3 Å². The molecule has 3 heterocycles. The minimum atomic E-state index is 0.456. The highest BCUT2D eigenvalue weighted by atomic mass is 32.1. The molecule has 3 aromatic heterocycles. The molecule has 3 aromatic rings. The van der Waals surface area contributed by atoms with E-state index in [0.717, 1.165) is 56.4 Å². The second-order valence-electron chi connectivity index (χ2n) is 8.60. The molecular formula is C22H28N6S. The molecule has 2 unspecified atom stereocenters. The van der Waals surface area contributed by atoms with E-state index in [1.54, 1.807) is 11.3 Å². The van der Waals surface area contributed by atoms with E-state index in [-0.39, 0.29) is 0 Å². The number of nitrogens with zero attached hydrogens (tertiary/aromatic N) is 4. The Labute approximate surface area is 175 Å². The Morgan fingerprint density at radius 2 is 1.93 bits per heavy atom. The summed E-state index contributed by atoms with van der Waals surface area (Å²) in [6.07, 6.45) is 8.22. The van der Waals surface area contributed by atoms with Gasteiger partial charge in [-0.25, -0.2) is 9.97 Å². The molecule has 7 heteroatoms. The van der Waals surface area contributed by atoms with Crippen LogP contribution in [0, 0.1) is 25.7 Å². The van der Waals surface area contributed by atoms with Gasteiger partial charge in [-0.15, -0.1) is 11.3 Å². The van der Waals surface area contributed by atoms with Crippen molar-refractivity contribution < 1.29 is 0 Å². The first-order valence-corrected chi connectivity index (χ1v) is 11.5. The van der Waals surface area contributed by atoms with Crippen molar-refractivity contribution >= 4 is 33.3 Å². The van der Waals surface area contributed by atoms with Crippen molar-refractivity contribution in [2.24, 2.45) is 11.8 Å². The lowest BCUT2D eigenvalue weighted by atomic mass is 10.1. The predicted molar refractivity (Wildman–Crippen MR) is 120 cm³/mol. The summed E-state index contributed by atoms with van der Waals surface area (Å²) >= 11 is 1.69. The molecule has 29 heavy (non-hydrogen) atoms. The van der Waals surface area contributed by atoms with E-state index in [1.165, 1.54) is 32.1 Å². The van der Waals surface area contributed by atoms with Crippen LogP contribution in [-0.2, 0) is 0 Å². The molecule has 0 radical (unpaired) electrons. The van der Waals surface area contributed by atoms with Crippen LogP contribution in [0.25, 0.3) is 20.8 Å². The van der Waals surface area contributed by atoms with Crippen LogP contribution in [0.2, 0.25) is 0 Å². The molecule has 2 aliphatic carbocycles. The van der Waals surface area contributed by atoms with Crippen molar-refractivity contribution in [2.45, 2.75) is 58.9 Å². The third-order valence-corrected chi connectivity index (χ3v) is 7.26. The molecule has 0 aromatic carbocycles. The zero-order valence-corrected chi connectivity index (χ0v) is 18.1. The Morgan fingerprint density at radius 3 is 2.66 bits per heavy atom. The third kappa shape index (κ3) is 3.80. The van der Waals surface area contributed by atoms with Gasteiger partial charge < -0.3 is 10.6 Å². The fourth-order valence-corrected chi connectivity index (χ4v) is 5.31. The molecular weight excluding hydrogens is 380 g/mol. The monoisotopic (exact) mass is 408 g/mol. The predicted octanol–water partition coefficient (Wildman–Crippen LogP) is 5.19. The number of aromatic nitrogens is 4. The van der Waals surface area contributed by atoms with Gasteiger partial charge in [-0.3, -0.25) is 4.98 Å². The minimum Gasteiger partial charge on any atom is -0.366 e. The number of anilines is 2. The lowest BCUT2D eigenvalue weighted by Crippen LogP contribution is -2.23. The lowest BCUT2D eigenvalue weighted by Gasteiger charge is -2.21. The Kier molecular flexibility index (Phi) is 4.86. The molecule has 6 nitrogen and oxygen atoms in total. The van der Waals surface area contributed by atoms with Crippen molar-refractivity contribution in [3.63, 3.8) is 0 Å². The van der Waals surface area contributed by atoms with Crippen LogP contribution in [0.15, 0.2) is 12.3 Å². The molecule has 0 amide bonds. The number of thiazole rings is 1. The van der Waals surface area contributed by atoms with E-state index in [4.69, 9.17) is 15.0 Å². The molecule has 2 aliphatic rings. The van der Waals surface area contributed by atoms with Gasteiger partial charge in [0.15, 0.2) is 0 Å². The largest absolute Gasteiger partial charge is 0.366 e. The molecule has 2 fully saturated rings. The average Bonchev–Trinajstić information content (AvgIpc) is 3.29. The quantitative estimate of drug-likeness (QED) is 0.585. The van der Waals surface area contributed by atoms with Gasteiger partial charge in [0, 0.05) is 18.8 Å². The smallest absolute Gasteiger partial charge is 0.224 e. The number of pyridine rings is 1. The van der Waals surface area contributed by atoms with E-state index in [0.29, 0.717) is 12.0 Å². The molecule has 0 bridgehead atoms. The van der Waals surface area contributed by atoms with Gasteiger partial charge in [0.25, 0.3) is 0 Å².